The second kappa shape index (κ2) is 8.04. The zero-order valence-corrected chi connectivity index (χ0v) is 15.2. The van der Waals surface area contributed by atoms with Gasteiger partial charge >= 0.3 is 1.43 Å². The van der Waals surface area contributed by atoms with Crippen molar-refractivity contribution in [1.82, 2.24) is 4.72 Å². The van der Waals surface area contributed by atoms with Crippen LogP contribution in [0.2, 0.25) is 4.34 Å². The zero-order chi connectivity index (χ0) is 17.0. The van der Waals surface area contributed by atoms with Gasteiger partial charge in [0, 0.05) is 6.04 Å². The molecule has 0 unspecified atom stereocenters. The van der Waals surface area contributed by atoms with E-state index in [0.29, 0.717) is 17.2 Å². The summed E-state index contributed by atoms with van der Waals surface area (Å²) in [5, 5.41) is 0. The highest BCUT2D eigenvalue weighted by Crippen LogP contribution is 2.26. The van der Waals surface area contributed by atoms with Gasteiger partial charge in [0.05, 0.1) is 10.9 Å². The van der Waals surface area contributed by atoms with E-state index in [1.165, 1.54) is 12.1 Å². The zero-order valence-electron chi connectivity index (χ0n) is 13.0. The van der Waals surface area contributed by atoms with E-state index >= 15 is 0 Å². The first-order valence-corrected chi connectivity index (χ1v) is 10.5. The second-order valence-corrected chi connectivity index (χ2v) is 9.26. The van der Waals surface area contributed by atoms with Crippen molar-refractivity contribution < 1.29 is 27.0 Å². The fraction of sp³-hybridized carbons (Fsp3) is 0.636. The van der Waals surface area contributed by atoms with E-state index in [2.05, 4.69) is 8.91 Å². The van der Waals surface area contributed by atoms with Gasteiger partial charge in [0.15, 0.2) is 0 Å². The van der Waals surface area contributed by atoms with Gasteiger partial charge in [0.2, 0.25) is 20.4 Å². The van der Waals surface area contributed by atoms with E-state index in [1.807, 2.05) is 13.8 Å². The highest BCUT2D eigenvalue weighted by Gasteiger charge is 2.27. The van der Waals surface area contributed by atoms with Crippen molar-refractivity contribution in [3.63, 3.8) is 0 Å². The molecule has 0 radical (unpaired) electrons. The molecule has 1 N–H and O–H groups in total. The molecule has 0 spiro atoms. The molecule has 0 saturated carbocycles. The first-order valence-electron chi connectivity index (χ1n) is 6.47. The average Bonchev–Trinajstić information content (AvgIpc) is 2.83. The quantitative estimate of drug-likeness (QED) is 0.509. The van der Waals surface area contributed by atoms with Crippen LogP contribution in [0.3, 0.4) is 0 Å². The molecule has 7 nitrogen and oxygen atoms in total. The summed E-state index contributed by atoms with van der Waals surface area (Å²) in [6.45, 7) is 3.13. The molecule has 1 rings (SSSR count). The highest BCUT2D eigenvalue weighted by molar-refractivity contribution is 7.91. The maximum Gasteiger partial charge on any atom is 1.00 e. The number of hydrogen-bond donors (Lipinski definition) is 1. The normalized spacial score (nSPS) is 14.4. The summed E-state index contributed by atoms with van der Waals surface area (Å²) >= 11 is 6.60. The lowest BCUT2D eigenvalue weighted by Gasteiger charge is -2.26. The van der Waals surface area contributed by atoms with Gasteiger partial charge in [-0.05, 0) is 18.1 Å². The lowest BCUT2D eigenvalue weighted by Crippen LogP contribution is -2.43. The van der Waals surface area contributed by atoms with Crippen molar-refractivity contribution in [3.05, 3.63) is 16.5 Å². The molecule has 0 aliphatic rings. The Hall–Kier alpha value is -0.230. The van der Waals surface area contributed by atoms with Crippen LogP contribution in [-0.2, 0) is 24.6 Å². The summed E-state index contributed by atoms with van der Waals surface area (Å²) in [7, 11) is -8.75. The van der Waals surface area contributed by atoms with Crippen LogP contribution in [0.5, 0.6) is 0 Å². The van der Waals surface area contributed by atoms with Gasteiger partial charge in [-0.25, -0.2) is 21.6 Å². The molecular weight excluding hydrogens is 374 g/mol. The molecule has 0 saturated heterocycles. The summed E-state index contributed by atoms with van der Waals surface area (Å²) < 4.78 is 63.3. The Kier molecular flexibility index (Phi) is 7.24. The molecular formula is C11H18ClNO6S3. The third-order valence-electron chi connectivity index (χ3n) is 3.13. The molecule has 1 atom stereocenters. The third kappa shape index (κ3) is 6.11. The van der Waals surface area contributed by atoms with Gasteiger partial charge in [-0.1, -0.05) is 38.3 Å². The monoisotopic (exact) mass is 391 g/mol. The predicted molar refractivity (Wildman–Crippen MR) is 84.3 cm³/mol. The minimum absolute atomic E-state index is 0. The lowest BCUT2D eigenvalue weighted by molar-refractivity contribution is 0.204. The maximum absolute atomic E-state index is 12.3. The minimum Gasteiger partial charge on any atom is -0.726 e. The Balaban J connectivity index is 0.00000484. The fourth-order valence-electron chi connectivity index (χ4n) is 1.98. The maximum atomic E-state index is 12.3. The van der Waals surface area contributed by atoms with Gasteiger partial charge in [-0.2, -0.15) is 0 Å². The van der Waals surface area contributed by atoms with Crippen molar-refractivity contribution >= 4 is 43.4 Å². The molecule has 0 aromatic carbocycles. The summed E-state index contributed by atoms with van der Waals surface area (Å²) in [6, 6.07) is 1.97. The number of hydrogen-bond acceptors (Lipinski definition) is 7. The third-order valence-corrected chi connectivity index (χ3v) is 6.77. The molecule has 1 heterocycles. The van der Waals surface area contributed by atoms with E-state index in [1.54, 1.807) is 0 Å². The molecule has 11 heteroatoms. The first-order chi connectivity index (χ1) is 10.1. The SMILES string of the molecule is CCC(CC)[C@H](COS(=O)(=O)[O-])NS(=O)(=O)c1ccc(Cl)s1.[H+]. The molecule has 1 aromatic heterocycles. The van der Waals surface area contributed by atoms with Crippen LogP contribution in [0.15, 0.2) is 16.3 Å². The lowest BCUT2D eigenvalue weighted by atomic mass is 9.96. The van der Waals surface area contributed by atoms with E-state index in [9.17, 15) is 21.4 Å². The Morgan fingerprint density at radius 2 is 1.91 bits per heavy atom. The van der Waals surface area contributed by atoms with Crippen LogP contribution in [0, 0.1) is 5.92 Å². The average molecular weight is 392 g/mol. The number of nitrogens with one attached hydrogen (secondary N) is 1. The standard InChI is InChI=1S/C11H18ClNO6S3/c1-3-8(4-2)9(7-19-22(16,17)18)13-21(14,15)11-6-5-10(12)20-11/h5-6,8-9,13H,3-4,7H2,1-2H3,(H,16,17,18)/t9-/m0/s1. The topological polar surface area (TPSA) is 113 Å². The Morgan fingerprint density at radius 1 is 1.32 bits per heavy atom. The number of halogens is 1. The summed E-state index contributed by atoms with van der Waals surface area (Å²) in [4.78, 5) is 0. The van der Waals surface area contributed by atoms with Crippen molar-refractivity contribution in [2.24, 2.45) is 5.92 Å². The van der Waals surface area contributed by atoms with E-state index in [0.717, 1.165) is 11.3 Å². The van der Waals surface area contributed by atoms with Crippen molar-refractivity contribution in [2.45, 2.75) is 36.9 Å². The summed E-state index contributed by atoms with van der Waals surface area (Å²) in [5.41, 5.74) is 0. The smallest absolute Gasteiger partial charge is 0.726 e. The van der Waals surface area contributed by atoms with Crippen LogP contribution in [-0.4, -0.2) is 34.0 Å². The number of thiophene rings is 1. The van der Waals surface area contributed by atoms with E-state index in [-0.39, 0.29) is 11.6 Å². The van der Waals surface area contributed by atoms with Crippen LogP contribution >= 0.6 is 22.9 Å². The second-order valence-electron chi connectivity index (χ2n) is 4.56. The highest BCUT2D eigenvalue weighted by atomic mass is 35.5. The minimum atomic E-state index is -4.89. The van der Waals surface area contributed by atoms with Gasteiger partial charge in [-0.3, -0.25) is 4.18 Å². The molecule has 0 bridgehead atoms. The summed E-state index contributed by atoms with van der Waals surface area (Å²) in [6.07, 6.45) is 1.19. The Labute approximate surface area is 141 Å². The molecule has 128 valence electrons. The summed E-state index contributed by atoms with van der Waals surface area (Å²) in [5.74, 6) is -0.174. The Bertz CT molecular complexity index is 686. The predicted octanol–water partition coefficient (Wildman–Crippen LogP) is 2.07. The van der Waals surface area contributed by atoms with Gasteiger partial charge in [-0.15, -0.1) is 11.3 Å². The van der Waals surface area contributed by atoms with Crippen molar-refractivity contribution in [3.8, 4) is 0 Å². The van der Waals surface area contributed by atoms with Crippen LogP contribution in [0.4, 0.5) is 0 Å². The van der Waals surface area contributed by atoms with Crippen LogP contribution in [0.25, 0.3) is 0 Å². The van der Waals surface area contributed by atoms with Crippen molar-refractivity contribution in [2.75, 3.05) is 6.61 Å². The Morgan fingerprint density at radius 3 is 2.32 bits per heavy atom. The number of sulfonamides is 1. The van der Waals surface area contributed by atoms with Gasteiger partial charge in [0.25, 0.3) is 0 Å². The van der Waals surface area contributed by atoms with Crippen molar-refractivity contribution in [1.29, 1.82) is 0 Å². The van der Waals surface area contributed by atoms with Crippen LogP contribution < -0.4 is 4.72 Å². The largest absolute Gasteiger partial charge is 1.00 e. The fourth-order valence-corrected chi connectivity index (χ4v) is 5.08. The van der Waals surface area contributed by atoms with Gasteiger partial charge < -0.3 is 4.55 Å². The molecule has 0 aliphatic heterocycles. The van der Waals surface area contributed by atoms with Gasteiger partial charge in [0.1, 0.15) is 4.21 Å². The molecule has 0 fully saturated rings. The molecule has 0 aliphatic carbocycles. The molecule has 0 amide bonds. The van der Waals surface area contributed by atoms with E-state index < -0.39 is 33.1 Å². The van der Waals surface area contributed by atoms with E-state index in [4.69, 9.17) is 11.6 Å². The van der Waals surface area contributed by atoms with Crippen LogP contribution in [0.1, 0.15) is 28.1 Å². The molecule has 1 aromatic rings. The number of rotatable bonds is 9. The molecule has 22 heavy (non-hydrogen) atoms. The first kappa shape index (κ1) is 19.8.